The average molecular weight is 297 g/mol. The van der Waals surface area contributed by atoms with Crippen LogP contribution in [-0.2, 0) is 11.2 Å². The molecule has 0 atom stereocenters. The summed E-state index contributed by atoms with van der Waals surface area (Å²) in [5.41, 5.74) is 3.19. The molecule has 0 saturated heterocycles. The molecule has 2 aromatic carbocycles. The molecular formula is C19H23NO2. The van der Waals surface area contributed by atoms with Gasteiger partial charge in [0.25, 0.3) is 0 Å². The second-order valence-corrected chi connectivity index (χ2v) is 5.28. The van der Waals surface area contributed by atoms with E-state index in [0.29, 0.717) is 19.4 Å². The standard InChI is InChI=1S/C19H23NO2/c1-3-16-10-5-6-11-17(16)20-19(21)13-8-14-22-18-12-7-4-9-15(18)2/h4-7,9-12H,3,8,13-14H2,1-2H3,(H,20,21). The van der Waals surface area contributed by atoms with Crippen LogP contribution in [0.2, 0.25) is 0 Å². The van der Waals surface area contributed by atoms with Crippen LogP contribution in [0.1, 0.15) is 30.9 Å². The second-order valence-electron chi connectivity index (χ2n) is 5.28. The first-order valence-corrected chi connectivity index (χ1v) is 7.77. The molecule has 0 spiro atoms. The van der Waals surface area contributed by atoms with Crippen molar-refractivity contribution in [3.8, 4) is 5.75 Å². The molecule has 3 heteroatoms. The summed E-state index contributed by atoms with van der Waals surface area (Å²) in [6.07, 6.45) is 2.07. The van der Waals surface area contributed by atoms with Gasteiger partial charge in [0.1, 0.15) is 5.75 Å². The molecule has 0 bridgehead atoms. The lowest BCUT2D eigenvalue weighted by Gasteiger charge is -2.10. The number of benzene rings is 2. The van der Waals surface area contributed by atoms with Crippen LogP contribution >= 0.6 is 0 Å². The Morgan fingerprint density at radius 2 is 1.82 bits per heavy atom. The van der Waals surface area contributed by atoms with Crippen LogP contribution in [0.15, 0.2) is 48.5 Å². The van der Waals surface area contributed by atoms with Crippen molar-refractivity contribution in [1.29, 1.82) is 0 Å². The zero-order chi connectivity index (χ0) is 15.8. The summed E-state index contributed by atoms with van der Waals surface area (Å²) in [5.74, 6) is 0.925. The fraction of sp³-hybridized carbons (Fsp3) is 0.316. The zero-order valence-electron chi connectivity index (χ0n) is 13.3. The lowest BCUT2D eigenvalue weighted by molar-refractivity contribution is -0.116. The van der Waals surface area contributed by atoms with Crippen LogP contribution in [-0.4, -0.2) is 12.5 Å². The van der Waals surface area contributed by atoms with Gasteiger partial charge in [0.05, 0.1) is 6.61 Å². The van der Waals surface area contributed by atoms with Crippen LogP contribution in [0, 0.1) is 6.92 Å². The molecule has 1 N–H and O–H groups in total. The second kappa shape index (κ2) is 8.23. The number of amides is 1. The predicted octanol–water partition coefficient (Wildman–Crippen LogP) is 4.36. The largest absolute Gasteiger partial charge is 0.493 e. The highest BCUT2D eigenvalue weighted by Gasteiger charge is 2.06. The molecular weight excluding hydrogens is 274 g/mol. The van der Waals surface area contributed by atoms with Crippen LogP contribution in [0.4, 0.5) is 5.69 Å². The number of ether oxygens (including phenoxy) is 1. The normalized spacial score (nSPS) is 10.3. The molecule has 0 unspecified atom stereocenters. The summed E-state index contributed by atoms with van der Waals surface area (Å²) in [4.78, 5) is 12.0. The highest BCUT2D eigenvalue weighted by atomic mass is 16.5. The molecule has 22 heavy (non-hydrogen) atoms. The summed E-state index contributed by atoms with van der Waals surface area (Å²) in [7, 11) is 0. The number of rotatable bonds is 7. The van der Waals surface area contributed by atoms with E-state index in [2.05, 4.69) is 12.2 Å². The van der Waals surface area contributed by atoms with E-state index in [0.717, 1.165) is 29.0 Å². The van der Waals surface area contributed by atoms with Crippen molar-refractivity contribution in [2.75, 3.05) is 11.9 Å². The highest BCUT2D eigenvalue weighted by Crippen LogP contribution is 2.17. The Bertz CT molecular complexity index is 622. The first-order valence-electron chi connectivity index (χ1n) is 7.77. The molecule has 2 rings (SSSR count). The average Bonchev–Trinajstić information content (AvgIpc) is 2.53. The molecule has 2 aromatic rings. The lowest BCUT2D eigenvalue weighted by atomic mass is 10.1. The van der Waals surface area contributed by atoms with E-state index < -0.39 is 0 Å². The zero-order valence-corrected chi connectivity index (χ0v) is 13.3. The van der Waals surface area contributed by atoms with Crippen molar-refractivity contribution in [2.24, 2.45) is 0 Å². The van der Waals surface area contributed by atoms with Crippen LogP contribution in [0.25, 0.3) is 0 Å². The SMILES string of the molecule is CCc1ccccc1NC(=O)CCCOc1ccccc1C. The molecule has 116 valence electrons. The number of aryl methyl sites for hydroxylation is 2. The van der Waals surface area contributed by atoms with Gasteiger partial charge in [0.2, 0.25) is 5.91 Å². The van der Waals surface area contributed by atoms with Crippen molar-refractivity contribution in [2.45, 2.75) is 33.1 Å². The Morgan fingerprint density at radius 1 is 1.09 bits per heavy atom. The maximum atomic E-state index is 12.0. The minimum Gasteiger partial charge on any atom is -0.493 e. The first kappa shape index (κ1) is 16.1. The molecule has 0 fully saturated rings. The number of carbonyl (C=O) groups excluding carboxylic acids is 1. The van der Waals surface area contributed by atoms with Gasteiger partial charge in [-0.3, -0.25) is 4.79 Å². The van der Waals surface area contributed by atoms with Gasteiger partial charge >= 0.3 is 0 Å². The molecule has 0 aliphatic rings. The van der Waals surface area contributed by atoms with E-state index in [1.165, 1.54) is 0 Å². The van der Waals surface area contributed by atoms with Crippen molar-refractivity contribution in [1.82, 2.24) is 0 Å². The van der Waals surface area contributed by atoms with Gasteiger partial charge in [-0.1, -0.05) is 43.3 Å². The Hall–Kier alpha value is -2.29. The van der Waals surface area contributed by atoms with E-state index in [-0.39, 0.29) is 5.91 Å². The van der Waals surface area contributed by atoms with Crippen LogP contribution < -0.4 is 10.1 Å². The van der Waals surface area contributed by atoms with Crippen molar-refractivity contribution >= 4 is 11.6 Å². The Labute approximate surface area is 132 Å². The first-order chi connectivity index (χ1) is 10.7. The smallest absolute Gasteiger partial charge is 0.224 e. The van der Waals surface area contributed by atoms with Gasteiger partial charge in [-0.15, -0.1) is 0 Å². The third kappa shape index (κ3) is 4.62. The Morgan fingerprint density at radius 3 is 2.59 bits per heavy atom. The topological polar surface area (TPSA) is 38.3 Å². The van der Waals surface area contributed by atoms with Gasteiger partial charge in [0.15, 0.2) is 0 Å². The molecule has 1 amide bonds. The Balaban J connectivity index is 1.75. The highest BCUT2D eigenvalue weighted by molar-refractivity contribution is 5.91. The monoisotopic (exact) mass is 297 g/mol. The maximum Gasteiger partial charge on any atom is 0.224 e. The van der Waals surface area contributed by atoms with E-state index in [1.54, 1.807) is 0 Å². The minimum absolute atomic E-state index is 0.0364. The molecule has 0 aromatic heterocycles. The minimum atomic E-state index is 0.0364. The number of hydrogen-bond donors (Lipinski definition) is 1. The van der Waals surface area contributed by atoms with Gasteiger partial charge < -0.3 is 10.1 Å². The number of nitrogens with one attached hydrogen (secondary N) is 1. The van der Waals surface area contributed by atoms with Crippen LogP contribution in [0.5, 0.6) is 5.75 Å². The predicted molar refractivity (Wildman–Crippen MR) is 90.4 cm³/mol. The summed E-state index contributed by atoms with van der Waals surface area (Å²) in [6.45, 7) is 4.65. The quantitative estimate of drug-likeness (QED) is 0.771. The Kier molecular flexibility index (Phi) is 6.01. The molecule has 0 heterocycles. The maximum absolute atomic E-state index is 12.0. The molecule has 0 aliphatic carbocycles. The van der Waals surface area contributed by atoms with E-state index in [1.807, 2.05) is 55.5 Å². The lowest BCUT2D eigenvalue weighted by Crippen LogP contribution is -2.14. The summed E-state index contributed by atoms with van der Waals surface area (Å²) in [5, 5.41) is 2.98. The fourth-order valence-electron chi connectivity index (χ4n) is 2.30. The summed E-state index contributed by atoms with van der Waals surface area (Å²) >= 11 is 0. The number of carbonyl (C=O) groups is 1. The van der Waals surface area contributed by atoms with E-state index in [9.17, 15) is 4.79 Å². The fourth-order valence-corrected chi connectivity index (χ4v) is 2.30. The van der Waals surface area contributed by atoms with Gasteiger partial charge in [-0.2, -0.15) is 0 Å². The van der Waals surface area contributed by atoms with Crippen molar-refractivity contribution < 1.29 is 9.53 Å². The van der Waals surface area contributed by atoms with Crippen molar-refractivity contribution in [3.63, 3.8) is 0 Å². The van der Waals surface area contributed by atoms with E-state index in [4.69, 9.17) is 4.74 Å². The number of para-hydroxylation sites is 2. The van der Waals surface area contributed by atoms with Gasteiger partial charge in [-0.05, 0) is 43.0 Å². The summed E-state index contributed by atoms with van der Waals surface area (Å²) < 4.78 is 5.70. The molecule has 3 nitrogen and oxygen atoms in total. The molecule has 0 radical (unpaired) electrons. The third-order valence-corrected chi connectivity index (χ3v) is 3.57. The van der Waals surface area contributed by atoms with Gasteiger partial charge in [-0.25, -0.2) is 0 Å². The van der Waals surface area contributed by atoms with Crippen molar-refractivity contribution in [3.05, 3.63) is 59.7 Å². The molecule has 0 aliphatic heterocycles. The van der Waals surface area contributed by atoms with Gasteiger partial charge in [0, 0.05) is 12.1 Å². The number of anilines is 1. The van der Waals surface area contributed by atoms with E-state index >= 15 is 0 Å². The molecule has 0 saturated carbocycles. The summed E-state index contributed by atoms with van der Waals surface area (Å²) in [6, 6.07) is 15.8. The number of hydrogen-bond acceptors (Lipinski definition) is 2. The van der Waals surface area contributed by atoms with Crippen LogP contribution in [0.3, 0.4) is 0 Å². The third-order valence-electron chi connectivity index (χ3n) is 3.57.